The van der Waals surface area contributed by atoms with Crippen molar-refractivity contribution in [3.05, 3.63) is 35.4 Å². The van der Waals surface area contributed by atoms with Crippen molar-refractivity contribution in [3.63, 3.8) is 0 Å². The zero-order valence-corrected chi connectivity index (χ0v) is 8.60. The SMILES string of the molecule is CC(C)(Cl)c1ccc(CC#N)cc1. The lowest BCUT2D eigenvalue weighted by Gasteiger charge is -2.16. The molecule has 1 rings (SSSR count). The summed E-state index contributed by atoms with van der Waals surface area (Å²) in [4.78, 5) is -0.328. The minimum Gasteiger partial charge on any atom is -0.198 e. The van der Waals surface area contributed by atoms with Crippen LogP contribution >= 0.6 is 11.6 Å². The van der Waals surface area contributed by atoms with Gasteiger partial charge in [-0.15, -0.1) is 11.6 Å². The lowest BCUT2D eigenvalue weighted by molar-refractivity contribution is 0.765. The zero-order valence-electron chi connectivity index (χ0n) is 7.84. The maximum Gasteiger partial charge on any atom is 0.0669 e. The van der Waals surface area contributed by atoms with Crippen LogP contribution in [0.4, 0.5) is 0 Å². The van der Waals surface area contributed by atoms with Gasteiger partial charge in [-0.25, -0.2) is 0 Å². The van der Waals surface area contributed by atoms with Crippen molar-refractivity contribution in [3.8, 4) is 6.07 Å². The van der Waals surface area contributed by atoms with Gasteiger partial charge in [0.25, 0.3) is 0 Å². The number of alkyl halides is 1. The second-order valence-electron chi connectivity index (χ2n) is 3.50. The molecule has 0 N–H and O–H groups in total. The lowest BCUT2D eigenvalue weighted by Crippen LogP contribution is -2.06. The van der Waals surface area contributed by atoms with E-state index in [1.54, 1.807) is 0 Å². The van der Waals surface area contributed by atoms with E-state index in [1.165, 1.54) is 0 Å². The monoisotopic (exact) mass is 193 g/mol. The van der Waals surface area contributed by atoms with Crippen molar-refractivity contribution in [2.75, 3.05) is 0 Å². The fourth-order valence-electron chi connectivity index (χ4n) is 1.11. The second-order valence-corrected chi connectivity index (χ2v) is 4.45. The van der Waals surface area contributed by atoms with Crippen molar-refractivity contribution in [1.29, 1.82) is 5.26 Å². The molecule has 13 heavy (non-hydrogen) atoms. The summed E-state index contributed by atoms with van der Waals surface area (Å²) in [5.41, 5.74) is 2.11. The molecule has 0 heterocycles. The molecule has 0 aliphatic heterocycles. The Balaban J connectivity index is 2.89. The van der Waals surface area contributed by atoms with E-state index in [1.807, 2.05) is 38.1 Å². The molecule has 0 unspecified atom stereocenters. The molecule has 0 fully saturated rings. The molecule has 2 heteroatoms. The van der Waals surface area contributed by atoms with Gasteiger partial charge in [0, 0.05) is 0 Å². The van der Waals surface area contributed by atoms with Gasteiger partial charge in [-0.05, 0) is 25.0 Å². The predicted molar refractivity (Wildman–Crippen MR) is 54.6 cm³/mol. The number of benzene rings is 1. The Morgan fingerprint density at radius 2 is 1.85 bits per heavy atom. The van der Waals surface area contributed by atoms with Crippen LogP contribution in [0, 0.1) is 11.3 Å². The standard InChI is InChI=1S/C11H12ClN/c1-11(2,12)10-5-3-9(4-6-10)7-8-13/h3-6H,7H2,1-2H3. The molecule has 1 aromatic carbocycles. The van der Waals surface area contributed by atoms with Crippen molar-refractivity contribution >= 4 is 11.6 Å². The van der Waals surface area contributed by atoms with Gasteiger partial charge in [0.05, 0.1) is 17.4 Å². The molecular formula is C11H12ClN. The van der Waals surface area contributed by atoms with E-state index >= 15 is 0 Å². The molecule has 0 amide bonds. The first kappa shape index (κ1) is 10.1. The highest BCUT2D eigenvalue weighted by atomic mass is 35.5. The summed E-state index contributed by atoms with van der Waals surface area (Å²) in [5.74, 6) is 0. The van der Waals surface area contributed by atoms with Gasteiger partial charge in [0.15, 0.2) is 0 Å². The first-order valence-corrected chi connectivity index (χ1v) is 4.57. The van der Waals surface area contributed by atoms with Gasteiger partial charge in [0.2, 0.25) is 0 Å². The Kier molecular flexibility index (Phi) is 2.95. The van der Waals surface area contributed by atoms with Gasteiger partial charge >= 0.3 is 0 Å². The van der Waals surface area contributed by atoms with Gasteiger partial charge < -0.3 is 0 Å². The summed E-state index contributed by atoms with van der Waals surface area (Å²) in [6.45, 7) is 3.90. The Hall–Kier alpha value is -1.00. The highest BCUT2D eigenvalue weighted by Gasteiger charge is 2.15. The number of nitriles is 1. The van der Waals surface area contributed by atoms with Gasteiger partial charge in [0.1, 0.15) is 0 Å². The topological polar surface area (TPSA) is 23.8 Å². The van der Waals surface area contributed by atoms with Crippen LogP contribution in [0.3, 0.4) is 0 Å². The molecule has 0 aliphatic rings. The third kappa shape index (κ3) is 2.75. The fraction of sp³-hybridized carbons (Fsp3) is 0.364. The summed E-state index contributed by atoms with van der Waals surface area (Å²) in [5, 5.41) is 8.47. The van der Waals surface area contributed by atoms with E-state index in [0.29, 0.717) is 6.42 Å². The molecule has 0 spiro atoms. The van der Waals surface area contributed by atoms with Gasteiger partial charge in [-0.1, -0.05) is 24.3 Å². The highest BCUT2D eigenvalue weighted by Crippen LogP contribution is 2.27. The molecular weight excluding hydrogens is 182 g/mol. The van der Waals surface area contributed by atoms with Crippen molar-refractivity contribution < 1.29 is 0 Å². The van der Waals surface area contributed by atoms with Crippen molar-refractivity contribution in [1.82, 2.24) is 0 Å². The molecule has 0 aromatic heterocycles. The zero-order chi connectivity index (χ0) is 9.90. The molecule has 0 atom stereocenters. The number of halogens is 1. The quantitative estimate of drug-likeness (QED) is 0.662. The van der Waals surface area contributed by atoms with Crippen molar-refractivity contribution in [2.24, 2.45) is 0 Å². The molecule has 68 valence electrons. The van der Waals surface area contributed by atoms with Crippen LogP contribution in [0.1, 0.15) is 25.0 Å². The summed E-state index contributed by atoms with van der Waals surface area (Å²) >= 11 is 6.12. The van der Waals surface area contributed by atoms with Crippen LogP contribution in [0.5, 0.6) is 0 Å². The summed E-state index contributed by atoms with van der Waals surface area (Å²) in [6.07, 6.45) is 0.461. The highest BCUT2D eigenvalue weighted by molar-refractivity contribution is 6.23. The number of rotatable bonds is 2. The molecule has 1 nitrogen and oxygen atoms in total. The number of hydrogen-bond acceptors (Lipinski definition) is 1. The summed E-state index contributed by atoms with van der Waals surface area (Å²) < 4.78 is 0. The molecule has 0 bridgehead atoms. The van der Waals surface area contributed by atoms with Crippen LogP contribution in [0.2, 0.25) is 0 Å². The first-order chi connectivity index (χ1) is 6.04. The summed E-state index contributed by atoms with van der Waals surface area (Å²) in [7, 11) is 0. The predicted octanol–water partition coefficient (Wildman–Crippen LogP) is 3.23. The van der Waals surface area contributed by atoms with Crippen LogP contribution in [0.25, 0.3) is 0 Å². The van der Waals surface area contributed by atoms with Gasteiger partial charge in [-0.3, -0.25) is 0 Å². The maximum absolute atomic E-state index is 8.47. The van der Waals surface area contributed by atoms with Gasteiger partial charge in [-0.2, -0.15) is 5.26 Å². The van der Waals surface area contributed by atoms with Crippen molar-refractivity contribution in [2.45, 2.75) is 25.1 Å². The number of hydrogen-bond donors (Lipinski definition) is 0. The van der Waals surface area contributed by atoms with E-state index in [0.717, 1.165) is 11.1 Å². The third-order valence-corrected chi connectivity index (χ3v) is 2.14. The minimum absolute atomic E-state index is 0.328. The normalized spacial score (nSPS) is 10.9. The molecule has 0 radical (unpaired) electrons. The van der Waals surface area contributed by atoms with E-state index in [2.05, 4.69) is 6.07 Å². The molecule has 0 aliphatic carbocycles. The third-order valence-electron chi connectivity index (χ3n) is 1.92. The van der Waals surface area contributed by atoms with E-state index < -0.39 is 0 Å². The second kappa shape index (κ2) is 3.81. The Morgan fingerprint density at radius 1 is 1.31 bits per heavy atom. The maximum atomic E-state index is 8.47. The number of nitrogens with zero attached hydrogens (tertiary/aromatic N) is 1. The van der Waals surface area contributed by atoms with Crippen LogP contribution < -0.4 is 0 Å². The Morgan fingerprint density at radius 3 is 2.23 bits per heavy atom. The lowest BCUT2D eigenvalue weighted by atomic mass is 10.0. The van der Waals surface area contributed by atoms with Crippen LogP contribution in [0.15, 0.2) is 24.3 Å². The molecule has 0 saturated heterocycles. The van der Waals surface area contributed by atoms with E-state index in [4.69, 9.17) is 16.9 Å². The minimum atomic E-state index is -0.328. The molecule has 1 aromatic rings. The van der Waals surface area contributed by atoms with Crippen LogP contribution in [-0.2, 0) is 11.3 Å². The average Bonchev–Trinajstić information content (AvgIpc) is 2.04. The van der Waals surface area contributed by atoms with Crippen LogP contribution in [-0.4, -0.2) is 0 Å². The summed E-state index contributed by atoms with van der Waals surface area (Å²) in [6, 6.07) is 9.95. The fourth-order valence-corrected chi connectivity index (χ4v) is 1.24. The average molecular weight is 194 g/mol. The smallest absolute Gasteiger partial charge is 0.0669 e. The van der Waals surface area contributed by atoms with E-state index in [9.17, 15) is 0 Å². The largest absolute Gasteiger partial charge is 0.198 e. The Labute approximate surface area is 84.0 Å². The Bertz CT molecular complexity index is 313. The molecule has 0 saturated carbocycles. The van der Waals surface area contributed by atoms with E-state index in [-0.39, 0.29) is 4.87 Å². The first-order valence-electron chi connectivity index (χ1n) is 4.19.